The summed E-state index contributed by atoms with van der Waals surface area (Å²) in [6.45, 7) is 1.42. The number of hydrogen-bond acceptors (Lipinski definition) is 3. The maximum atomic E-state index is 11.9. The highest BCUT2D eigenvalue weighted by molar-refractivity contribution is 5.81. The number of carbonyl (C=O) groups is 1. The normalized spacial score (nSPS) is 19.4. The van der Waals surface area contributed by atoms with Crippen molar-refractivity contribution in [2.45, 2.75) is 25.8 Å². The smallest absolute Gasteiger partial charge is 0.225 e. The molecular formula is C12H14N2O2. The van der Waals surface area contributed by atoms with Crippen molar-refractivity contribution in [2.24, 2.45) is 5.92 Å². The number of amides is 1. The number of aromatic nitrogens is 1. The van der Waals surface area contributed by atoms with Crippen LogP contribution in [0.25, 0.3) is 0 Å². The molecule has 4 heteroatoms. The van der Waals surface area contributed by atoms with Gasteiger partial charge in [0, 0.05) is 31.3 Å². The Morgan fingerprint density at radius 3 is 3.00 bits per heavy atom. The summed E-state index contributed by atoms with van der Waals surface area (Å²) in [5.41, 5.74) is 2.19. The zero-order valence-corrected chi connectivity index (χ0v) is 9.02. The van der Waals surface area contributed by atoms with Gasteiger partial charge in [-0.1, -0.05) is 0 Å². The summed E-state index contributed by atoms with van der Waals surface area (Å²) in [5.74, 6) is 0.645. The number of nitrogens with zero attached hydrogens (tertiary/aromatic N) is 2. The molecule has 0 bridgehead atoms. The van der Waals surface area contributed by atoms with Gasteiger partial charge in [0.05, 0.1) is 0 Å². The van der Waals surface area contributed by atoms with Crippen LogP contribution in [0.3, 0.4) is 0 Å². The third-order valence-electron chi connectivity index (χ3n) is 3.32. The molecule has 0 atom stereocenters. The lowest BCUT2D eigenvalue weighted by atomic mass is 10.0. The van der Waals surface area contributed by atoms with E-state index in [1.807, 2.05) is 4.90 Å². The minimum atomic E-state index is 0.0701. The van der Waals surface area contributed by atoms with Gasteiger partial charge in [0.1, 0.15) is 0 Å². The van der Waals surface area contributed by atoms with Gasteiger partial charge in [-0.25, -0.2) is 4.98 Å². The SMILES string of the molecule is O=C(C1CC1)N1CCc2cc(O)ncc2C1. The third kappa shape index (κ3) is 1.64. The van der Waals surface area contributed by atoms with Gasteiger partial charge in [-0.05, 0) is 30.4 Å². The molecule has 1 N–H and O–H groups in total. The van der Waals surface area contributed by atoms with Gasteiger partial charge in [-0.2, -0.15) is 0 Å². The van der Waals surface area contributed by atoms with E-state index in [1.165, 1.54) is 0 Å². The number of hydrogen-bond donors (Lipinski definition) is 1. The standard InChI is InChI=1S/C12H14N2O2/c15-11-5-9-3-4-14(7-10(9)6-13-11)12(16)8-1-2-8/h5-6,8H,1-4,7H2,(H,13,15). The van der Waals surface area contributed by atoms with Crippen LogP contribution in [0.1, 0.15) is 24.0 Å². The van der Waals surface area contributed by atoms with E-state index < -0.39 is 0 Å². The summed E-state index contributed by atoms with van der Waals surface area (Å²) in [6, 6.07) is 1.70. The summed E-state index contributed by atoms with van der Waals surface area (Å²) in [7, 11) is 0. The van der Waals surface area contributed by atoms with E-state index in [4.69, 9.17) is 0 Å². The van der Waals surface area contributed by atoms with Crippen LogP contribution in [-0.4, -0.2) is 27.4 Å². The monoisotopic (exact) mass is 218 g/mol. The molecule has 1 aliphatic carbocycles. The molecule has 16 heavy (non-hydrogen) atoms. The van der Waals surface area contributed by atoms with Gasteiger partial charge in [0.2, 0.25) is 11.8 Å². The molecule has 3 rings (SSSR count). The van der Waals surface area contributed by atoms with Gasteiger partial charge in [-0.15, -0.1) is 0 Å². The first kappa shape index (κ1) is 9.63. The van der Waals surface area contributed by atoms with Crippen LogP contribution in [0, 0.1) is 5.92 Å². The molecule has 2 aliphatic rings. The molecule has 0 spiro atoms. The Hall–Kier alpha value is -1.58. The van der Waals surface area contributed by atoms with Crippen LogP contribution in [0.4, 0.5) is 0 Å². The predicted octanol–water partition coefficient (Wildman–Crippen LogP) is 1.08. The Bertz CT molecular complexity index is 441. The van der Waals surface area contributed by atoms with Gasteiger partial charge in [0.25, 0.3) is 0 Å². The molecule has 2 heterocycles. The van der Waals surface area contributed by atoms with Crippen LogP contribution in [0.2, 0.25) is 0 Å². The van der Waals surface area contributed by atoms with Crippen LogP contribution < -0.4 is 0 Å². The van der Waals surface area contributed by atoms with E-state index in [0.29, 0.717) is 12.5 Å². The number of fused-ring (bicyclic) bond motifs is 1. The van der Waals surface area contributed by atoms with Crippen molar-refractivity contribution in [3.63, 3.8) is 0 Å². The lowest BCUT2D eigenvalue weighted by Gasteiger charge is -2.28. The van der Waals surface area contributed by atoms with Crippen LogP contribution in [0.5, 0.6) is 5.88 Å². The third-order valence-corrected chi connectivity index (χ3v) is 3.32. The lowest BCUT2D eigenvalue weighted by molar-refractivity contribution is -0.133. The van der Waals surface area contributed by atoms with Gasteiger partial charge >= 0.3 is 0 Å². The first-order valence-electron chi connectivity index (χ1n) is 5.69. The lowest BCUT2D eigenvalue weighted by Crippen LogP contribution is -2.36. The number of rotatable bonds is 1. The molecule has 84 valence electrons. The summed E-state index contributed by atoms with van der Waals surface area (Å²) in [6.07, 6.45) is 4.60. The maximum Gasteiger partial charge on any atom is 0.225 e. The quantitative estimate of drug-likeness (QED) is 0.767. The fraction of sp³-hybridized carbons (Fsp3) is 0.500. The van der Waals surface area contributed by atoms with Gasteiger partial charge in [-0.3, -0.25) is 4.79 Å². The summed E-state index contributed by atoms with van der Waals surface area (Å²) < 4.78 is 0. The topological polar surface area (TPSA) is 53.4 Å². The molecule has 1 aromatic rings. The minimum Gasteiger partial charge on any atom is -0.493 e. The van der Waals surface area contributed by atoms with E-state index in [1.54, 1.807) is 12.3 Å². The largest absolute Gasteiger partial charge is 0.493 e. The second kappa shape index (κ2) is 3.47. The zero-order chi connectivity index (χ0) is 11.1. The molecule has 1 amide bonds. The predicted molar refractivity (Wildman–Crippen MR) is 57.7 cm³/mol. The van der Waals surface area contributed by atoms with Gasteiger partial charge < -0.3 is 10.0 Å². The Morgan fingerprint density at radius 2 is 2.25 bits per heavy atom. The molecule has 4 nitrogen and oxygen atoms in total. The number of pyridine rings is 1. The molecule has 0 saturated heterocycles. The van der Waals surface area contributed by atoms with Crippen molar-refractivity contribution in [3.05, 3.63) is 23.4 Å². The maximum absolute atomic E-state index is 11.9. The fourth-order valence-electron chi connectivity index (χ4n) is 2.20. The highest BCUT2D eigenvalue weighted by atomic mass is 16.3. The second-order valence-electron chi connectivity index (χ2n) is 4.60. The first-order valence-corrected chi connectivity index (χ1v) is 5.69. The molecule has 1 saturated carbocycles. The molecule has 0 aromatic carbocycles. The van der Waals surface area contributed by atoms with Gasteiger partial charge in [0.15, 0.2) is 0 Å². The van der Waals surface area contributed by atoms with E-state index in [0.717, 1.165) is 36.9 Å². The highest BCUT2D eigenvalue weighted by Gasteiger charge is 2.34. The van der Waals surface area contributed by atoms with Crippen molar-refractivity contribution < 1.29 is 9.90 Å². The Morgan fingerprint density at radius 1 is 1.44 bits per heavy atom. The molecule has 1 aromatic heterocycles. The molecule has 0 radical (unpaired) electrons. The average Bonchev–Trinajstić information content (AvgIpc) is 3.11. The van der Waals surface area contributed by atoms with Crippen molar-refractivity contribution >= 4 is 5.91 Å². The van der Waals surface area contributed by atoms with E-state index >= 15 is 0 Å². The highest BCUT2D eigenvalue weighted by Crippen LogP contribution is 2.32. The van der Waals surface area contributed by atoms with E-state index in [2.05, 4.69) is 4.98 Å². The Kier molecular flexibility index (Phi) is 2.09. The summed E-state index contributed by atoms with van der Waals surface area (Å²) in [4.78, 5) is 17.7. The molecule has 1 aliphatic heterocycles. The van der Waals surface area contributed by atoms with Crippen molar-refractivity contribution in [3.8, 4) is 5.88 Å². The number of carbonyl (C=O) groups excluding carboxylic acids is 1. The molecular weight excluding hydrogens is 204 g/mol. The van der Waals surface area contributed by atoms with Crippen molar-refractivity contribution in [2.75, 3.05) is 6.54 Å². The van der Waals surface area contributed by atoms with Crippen molar-refractivity contribution in [1.82, 2.24) is 9.88 Å². The Labute approximate surface area is 93.9 Å². The van der Waals surface area contributed by atoms with Crippen LogP contribution in [0.15, 0.2) is 12.3 Å². The van der Waals surface area contributed by atoms with Crippen LogP contribution in [-0.2, 0) is 17.8 Å². The molecule has 1 fully saturated rings. The molecule has 0 unspecified atom stereocenters. The average molecular weight is 218 g/mol. The number of aromatic hydroxyl groups is 1. The Balaban J connectivity index is 1.80. The van der Waals surface area contributed by atoms with Crippen LogP contribution >= 0.6 is 0 Å². The second-order valence-corrected chi connectivity index (χ2v) is 4.60. The summed E-state index contributed by atoms with van der Waals surface area (Å²) >= 11 is 0. The summed E-state index contributed by atoms with van der Waals surface area (Å²) in [5, 5.41) is 9.27. The van der Waals surface area contributed by atoms with E-state index in [-0.39, 0.29) is 11.8 Å². The first-order chi connectivity index (χ1) is 7.74. The minimum absolute atomic E-state index is 0.0701. The van der Waals surface area contributed by atoms with E-state index in [9.17, 15) is 9.90 Å². The fourth-order valence-corrected chi connectivity index (χ4v) is 2.20. The zero-order valence-electron chi connectivity index (χ0n) is 9.02. The van der Waals surface area contributed by atoms with Crippen molar-refractivity contribution in [1.29, 1.82) is 0 Å².